The van der Waals surface area contributed by atoms with Gasteiger partial charge in [0.1, 0.15) is 5.69 Å². The lowest BCUT2D eigenvalue weighted by Gasteiger charge is -2.25. The van der Waals surface area contributed by atoms with Gasteiger partial charge in [-0.15, -0.1) is 0 Å². The van der Waals surface area contributed by atoms with Gasteiger partial charge in [-0.05, 0) is 38.3 Å². The van der Waals surface area contributed by atoms with Crippen molar-refractivity contribution < 1.29 is 18.1 Å². The summed E-state index contributed by atoms with van der Waals surface area (Å²) in [5.74, 6) is -0.558. The molecule has 0 spiro atoms. The fourth-order valence-corrected chi connectivity index (χ4v) is 5.94. The zero-order valence-electron chi connectivity index (χ0n) is 15.4. The molecule has 0 bridgehead atoms. The van der Waals surface area contributed by atoms with Crippen LogP contribution in [0.4, 0.5) is 11.4 Å². The number of nitro benzene ring substituents is 1. The smallest absolute Gasteiger partial charge is 0.293 e. The Morgan fingerprint density at radius 3 is 2.44 bits per heavy atom. The van der Waals surface area contributed by atoms with E-state index in [0.717, 1.165) is 38.8 Å². The molecule has 8 nitrogen and oxygen atoms in total. The Kier molecular flexibility index (Phi) is 5.41. The molecule has 3 rings (SSSR count). The molecular weight excluding hydrogens is 370 g/mol. The Bertz CT molecular complexity index is 847. The van der Waals surface area contributed by atoms with Gasteiger partial charge in [-0.2, -0.15) is 0 Å². The molecule has 1 amide bonds. The zero-order chi connectivity index (χ0) is 19.7. The van der Waals surface area contributed by atoms with Crippen molar-refractivity contribution in [3.05, 3.63) is 33.9 Å². The van der Waals surface area contributed by atoms with Gasteiger partial charge in [0.25, 0.3) is 11.6 Å². The summed E-state index contributed by atoms with van der Waals surface area (Å²) >= 11 is 0. The first kappa shape index (κ1) is 19.6. The van der Waals surface area contributed by atoms with Crippen LogP contribution in [-0.2, 0) is 9.84 Å². The Morgan fingerprint density at radius 2 is 1.89 bits per heavy atom. The molecule has 1 aromatic rings. The first-order chi connectivity index (χ1) is 12.7. The fraction of sp³-hybridized carbons (Fsp3) is 0.611. The van der Waals surface area contributed by atoms with E-state index < -0.39 is 26.2 Å². The molecule has 1 aromatic carbocycles. The molecule has 1 atom stereocenters. The number of nitro groups is 1. The third kappa shape index (κ3) is 4.58. The van der Waals surface area contributed by atoms with Crippen molar-refractivity contribution in [3.63, 3.8) is 0 Å². The summed E-state index contributed by atoms with van der Waals surface area (Å²) in [7, 11) is -3.16. The number of carbonyl (C=O) groups excluding carboxylic acids is 1. The van der Waals surface area contributed by atoms with Crippen LogP contribution >= 0.6 is 0 Å². The molecule has 9 heteroatoms. The monoisotopic (exact) mass is 395 g/mol. The Balaban J connectivity index is 1.83. The van der Waals surface area contributed by atoms with Gasteiger partial charge in [-0.3, -0.25) is 14.9 Å². The fourth-order valence-electron chi connectivity index (χ4n) is 3.85. The number of nitrogens with one attached hydrogen (secondary N) is 1. The second-order valence-corrected chi connectivity index (χ2v) is 9.90. The largest absolute Gasteiger partial charge is 0.366 e. The average Bonchev–Trinajstić information content (AvgIpc) is 2.79. The molecule has 2 heterocycles. The van der Waals surface area contributed by atoms with E-state index in [1.165, 1.54) is 6.07 Å². The average molecular weight is 395 g/mol. The first-order valence-electron chi connectivity index (χ1n) is 9.25. The summed E-state index contributed by atoms with van der Waals surface area (Å²) < 4.78 is 23.4. The van der Waals surface area contributed by atoms with Crippen LogP contribution < -0.4 is 10.2 Å². The molecule has 2 aliphatic rings. The Labute approximate surface area is 159 Å². The van der Waals surface area contributed by atoms with Crippen molar-refractivity contribution in [1.82, 2.24) is 5.32 Å². The molecule has 0 aromatic heterocycles. The number of anilines is 1. The SMILES string of the molecule is CC1(NC(=O)c2ccc(N3CCCCCC3)c([N+](=O)[O-])c2)CCS(=O)(=O)C1. The van der Waals surface area contributed by atoms with Crippen molar-refractivity contribution >= 4 is 27.1 Å². The third-order valence-electron chi connectivity index (χ3n) is 5.30. The molecule has 2 fully saturated rings. The van der Waals surface area contributed by atoms with E-state index in [-0.39, 0.29) is 22.8 Å². The van der Waals surface area contributed by atoms with Gasteiger partial charge in [-0.1, -0.05) is 12.8 Å². The van der Waals surface area contributed by atoms with Crippen LogP contribution in [0, 0.1) is 10.1 Å². The number of rotatable bonds is 4. The van der Waals surface area contributed by atoms with E-state index in [1.54, 1.807) is 19.1 Å². The summed E-state index contributed by atoms with van der Waals surface area (Å²) in [4.78, 5) is 25.7. The number of nitrogens with zero attached hydrogens (tertiary/aromatic N) is 2. The van der Waals surface area contributed by atoms with Crippen molar-refractivity contribution in [2.75, 3.05) is 29.5 Å². The maximum Gasteiger partial charge on any atom is 0.293 e. The lowest BCUT2D eigenvalue weighted by molar-refractivity contribution is -0.384. The maximum absolute atomic E-state index is 12.6. The number of hydrogen-bond acceptors (Lipinski definition) is 6. The quantitative estimate of drug-likeness (QED) is 0.619. The van der Waals surface area contributed by atoms with Gasteiger partial charge in [0.15, 0.2) is 9.84 Å². The van der Waals surface area contributed by atoms with Crippen molar-refractivity contribution in [1.29, 1.82) is 0 Å². The molecule has 1 unspecified atom stereocenters. The van der Waals surface area contributed by atoms with E-state index in [1.807, 2.05) is 4.90 Å². The molecule has 27 heavy (non-hydrogen) atoms. The standard InChI is InChI=1S/C18H25N3O5S/c1-18(8-11-27(25,26)13-18)19-17(22)14-6-7-15(16(12-14)21(23)24)20-9-4-2-3-5-10-20/h6-7,12H,2-5,8-11,13H2,1H3,(H,19,22). The molecule has 2 saturated heterocycles. The summed E-state index contributed by atoms with van der Waals surface area (Å²) in [6.07, 6.45) is 4.56. The maximum atomic E-state index is 12.6. The van der Waals surface area contributed by atoms with Gasteiger partial charge >= 0.3 is 0 Å². The van der Waals surface area contributed by atoms with E-state index in [4.69, 9.17) is 0 Å². The van der Waals surface area contributed by atoms with E-state index in [9.17, 15) is 23.3 Å². The molecule has 0 saturated carbocycles. The van der Waals surface area contributed by atoms with E-state index >= 15 is 0 Å². The number of hydrogen-bond donors (Lipinski definition) is 1. The van der Waals surface area contributed by atoms with E-state index in [0.29, 0.717) is 12.1 Å². The van der Waals surface area contributed by atoms with E-state index in [2.05, 4.69) is 5.32 Å². The molecule has 2 aliphatic heterocycles. The van der Waals surface area contributed by atoms with Crippen LogP contribution in [0.1, 0.15) is 49.4 Å². The number of sulfone groups is 1. The van der Waals surface area contributed by atoms with Gasteiger partial charge < -0.3 is 10.2 Å². The van der Waals surface area contributed by atoms with Crippen molar-refractivity contribution in [2.24, 2.45) is 0 Å². The molecule has 1 N–H and O–H groups in total. The highest BCUT2D eigenvalue weighted by Gasteiger charge is 2.39. The van der Waals surface area contributed by atoms with Crippen LogP contribution in [0.2, 0.25) is 0 Å². The van der Waals surface area contributed by atoms with Crippen molar-refractivity contribution in [3.8, 4) is 0 Å². The Hall–Kier alpha value is -2.16. The minimum Gasteiger partial charge on any atom is -0.366 e. The topological polar surface area (TPSA) is 110 Å². The van der Waals surface area contributed by atoms with Gasteiger partial charge in [0, 0.05) is 24.7 Å². The molecule has 0 aliphatic carbocycles. The van der Waals surface area contributed by atoms with Gasteiger partial charge in [-0.25, -0.2) is 8.42 Å². The summed E-state index contributed by atoms with van der Waals surface area (Å²) in [5, 5.41) is 14.3. The number of benzene rings is 1. The predicted molar refractivity (Wildman–Crippen MR) is 103 cm³/mol. The zero-order valence-corrected chi connectivity index (χ0v) is 16.3. The minimum atomic E-state index is -3.16. The number of amides is 1. The van der Waals surface area contributed by atoms with Crippen LogP contribution in [0.25, 0.3) is 0 Å². The third-order valence-corrected chi connectivity index (χ3v) is 7.20. The van der Waals surface area contributed by atoms with Crippen molar-refractivity contribution in [2.45, 2.75) is 44.6 Å². The predicted octanol–water partition coefficient (Wildman–Crippen LogP) is 2.28. The summed E-state index contributed by atoms with van der Waals surface area (Å²) in [6.45, 7) is 3.22. The Morgan fingerprint density at radius 1 is 1.22 bits per heavy atom. The second-order valence-electron chi connectivity index (χ2n) is 7.72. The molecule has 148 valence electrons. The minimum absolute atomic E-state index is 0.0395. The lowest BCUT2D eigenvalue weighted by atomic mass is 10.0. The second kappa shape index (κ2) is 7.46. The highest BCUT2D eigenvalue weighted by molar-refractivity contribution is 7.91. The van der Waals surface area contributed by atoms with Gasteiger partial charge in [0.2, 0.25) is 0 Å². The van der Waals surface area contributed by atoms with Crippen LogP contribution in [0.5, 0.6) is 0 Å². The molecule has 0 radical (unpaired) electrons. The number of carbonyl (C=O) groups is 1. The van der Waals surface area contributed by atoms with Crippen LogP contribution in [0.15, 0.2) is 18.2 Å². The normalized spacial score (nSPS) is 25.0. The van der Waals surface area contributed by atoms with Crippen LogP contribution in [0.3, 0.4) is 0 Å². The first-order valence-corrected chi connectivity index (χ1v) is 11.1. The van der Waals surface area contributed by atoms with Gasteiger partial charge in [0.05, 0.1) is 22.0 Å². The summed E-state index contributed by atoms with van der Waals surface area (Å²) in [6, 6.07) is 4.50. The molecular formula is C18H25N3O5S. The summed E-state index contributed by atoms with van der Waals surface area (Å²) in [5.41, 5.74) is -0.221. The highest BCUT2D eigenvalue weighted by Crippen LogP contribution is 2.31. The van der Waals surface area contributed by atoms with Crippen LogP contribution in [-0.4, -0.2) is 49.4 Å². The lowest BCUT2D eigenvalue weighted by Crippen LogP contribution is -2.46. The highest BCUT2D eigenvalue weighted by atomic mass is 32.2.